The van der Waals surface area contributed by atoms with E-state index in [1.807, 2.05) is 12.1 Å². The molecule has 4 nitrogen and oxygen atoms in total. The number of fused-ring (bicyclic) bond motifs is 10. The predicted octanol–water partition coefficient (Wildman–Crippen LogP) is 13.2. The Balaban J connectivity index is 1.18. The number of hydrogen-bond acceptors (Lipinski definition) is 3. The summed E-state index contributed by atoms with van der Waals surface area (Å²) in [5.74, 6) is 0. The number of anilines is 3. The maximum atomic E-state index is 6.42. The fourth-order valence-corrected chi connectivity index (χ4v) is 7.84. The van der Waals surface area contributed by atoms with E-state index in [2.05, 4.69) is 167 Å². The second kappa shape index (κ2) is 10.4. The average molecular weight is 641 g/mol. The van der Waals surface area contributed by atoms with Crippen molar-refractivity contribution in [2.75, 3.05) is 4.90 Å². The van der Waals surface area contributed by atoms with Crippen molar-refractivity contribution in [2.45, 2.75) is 0 Å². The van der Waals surface area contributed by atoms with Gasteiger partial charge in [0.25, 0.3) is 0 Å². The molecule has 0 amide bonds. The number of benzene rings is 8. The Morgan fingerprint density at radius 1 is 0.340 bits per heavy atom. The largest absolute Gasteiger partial charge is 0.456 e. The summed E-state index contributed by atoms with van der Waals surface area (Å²) < 4.78 is 15.0. The Morgan fingerprint density at radius 2 is 0.860 bits per heavy atom. The van der Waals surface area contributed by atoms with E-state index in [1.165, 1.54) is 32.6 Å². The van der Waals surface area contributed by atoms with Gasteiger partial charge in [0, 0.05) is 55.1 Å². The third-order valence-electron chi connectivity index (χ3n) is 10.1. The molecule has 3 aromatic heterocycles. The first-order chi connectivity index (χ1) is 24.8. The first-order valence-corrected chi connectivity index (χ1v) is 16.9. The fourth-order valence-electron chi connectivity index (χ4n) is 7.84. The van der Waals surface area contributed by atoms with Gasteiger partial charge in [0.2, 0.25) is 0 Å². The fraction of sp³-hybridized carbons (Fsp3) is 0. The lowest BCUT2D eigenvalue weighted by molar-refractivity contribution is 0.669. The average Bonchev–Trinajstić information content (AvgIpc) is 3.83. The molecule has 0 bridgehead atoms. The minimum Gasteiger partial charge on any atom is -0.456 e. The molecule has 11 rings (SSSR count). The molecular weight excluding hydrogens is 613 g/mol. The summed E-state index contributed by atoms with van der Waals surface area (Å²) >= 11 is 0. The molecule has 50 heavy (non-hydrogen) atoms. The van der Waals surface area contributed by atoms with E-state index < -0.39 is 0 Å². The normalized spacial score (nSPS) is 12.0. The second-order valence-corrected chi connectivity index (χ2v) is 13.0. The zero-order valence-electron chi connectivity index (χ0n) is 26.9. The van der Waals surface area contributed by atoms with Crippen LogP contribution in [0.15, 0.2) is 179 Å². The third kappa shape index (κ3) is 3.99. The Kier molecular flexibility index (Phi) is 5.63. The molecular formula is C46H28N2O2. The van der Waals surface area contributed by atoms with Gasteiger partial charge in [0.15, 0.2) is 0 Å². The van der Waals surface area contributed by atoms with E-state index in [1.54, 1.807) is 0 Å². The van der Waals surface area contributed by atoms with Crippen LogP contribution in [0.2, 0.25) is 0 Å². The molecule has 0 radical (unpaired) electrons. The van der Waals surface area contributed by atoms with Crippen LogP contribution in [0.1, 0.15) is 0 Å². The molecule has 0 fully saturated rings. The highest BCUT2D eigenvalue weighted by Gasteiger charge is 2.20. The highest BCUT2D eigenvalue weighted by Crippen LogP contribution is 2.43. The highest BCUT2D eigenvalue weighted by molar-refractivity contribution is 6.13. The molecule has 0 saturated heterocycles. The molecule has 11 aromatic rings. The summed E-state index contributed by atoms with van der Waals surface area (Å²) in [6.07, 6.45) is 0. The lowest BCUT2D eigenvalue weighted by atomic mass is 10.0. The van der Waals surface area contributed by atoms with Gasteiger partial charge < -0.3 is 18.3 Å². The monoisotopic (exact) mass is 640 g/mol. The molecule has 8 aromatic carbocycles. The van der Waals surface area contributed by atoms with Gasteiger partial charge in [0.1, 0.15) is 22.3 Å². The van der Waals surface area contributed by atoms with E-state index in [0.717, 1.165) is 66.6 Å². The van der Waals surface area contributed by atoms with Crippen LogP contribution in [0.25, 0.3) is 82.1 Å². The minimum absolute atomic E-state index is 0.872. The lowest BCUT2D eigenvalue weighted by Gasteiger charge is -2.26. The van der Waals surface area contributed by atoms with Crippen LogP contribution >= 0.6 is 0 Å². The van der Waals surface area contributed by atoms with Gasteiger partial charge in [-0.15, -0.1) is 0 Å². The van der Waals surface area contributed by atoms with Crippen LogP contribution in [-0.2, 0) is 0 Å². The second-order valence-electron chi connectivity index (χ2n) is 13.0. The van der Waals surface area contributed by atoms with E-state index >= 15 is 0 Å². The molecule has 0 unspecified atom stereocenters. The van der Waals surface area contributed by atoms with Crippen molar-refractivity contribution in [3.63, 3.8) is 0 Å². The van der Waals surface area contributed by atoms with Gasteiger partial charge in [-0.3, -0.25) is 0 Å². The Labute approximate surface area is 286 Å². The van der Waals surface area contributed by atoms with E-state index in [9.17, 15) is 0 Å². The van der Waals surface area contributed by atoms with Crippen molar-refractivity contribution >= 4 is 93.5 Å². The van der Waals surface area contributed by atoms with Crippen LogP contribution in [0.3, 0.4) is 0 Å². The van der Waals surface area contributed by atoms with Crippen LogP contribution in [0.4, 0.5) is 17.1 Å². The van der Waals surface area contributed by atoms with Crippen molar-refractivity contribution in [1.29, 1.82) is 0 Å². The zero-order chi connectivity index (χ0) is 32.8. The quantitative estimate of drug-likeness (QED) is 0.192. The molecule has 0 saturated carbocycles. The summed E-state index contributed by atoms with van der Waals surface area (Å²) in [6.45, 7) is 0. The highest BCUT2D eigenvalue weighted by atomic mass is 16.3. The predicted molar refractivity (Wildman–Crippen MR) is 208 cm³/mol. The van der Waals surface area contributed by atoms with Crippen LogP contribution in [0, 0.1) is 0 Å². The van der Waals surface area contributed by atoms with Crippen molar-refractivity contribution in [3.05, 3.63) is 170 Å². The number of hydrogen-bond donors (Lipinski definition) is 0. The van der Waals surface area contributed by atoms with Crippen molar-refractivity contribution in [3.8, 4) is 5.69 Å². The molecule has 234 valence electrons. The van der Waals surface area contributed by atoms with Crippen LogP contribution in [0.5, 0.6) is 0 Å². The van der Waals surface area contributed by atoms with Crippen LogP contribution < -0.4 is 4.90 Å². The van der Waals surface area contributed by atoms with E-state index in [0.29, 0.717) is 0 Å². The summed E-state index contributed by atoms with van der Waals surface area (Å²) in [4.78, 5) is 2.36. The first-order valence-electron chi connectivity index (χ1n) is 16.9. The minimum atomic E-state index is 0.872. The summed E-state index contributed by atoms with van der Waals surface area (Å²) in [5, 5.41) is 9.17. The van der Waals surface area contributed by atoms with Gasteiger partial charge in [-0.25, -0.2) is 0 Å². The number of nitrogens with zero attached hydrogens (tertiary/aromatic N) is 2. The molecule has 0 atom stereocenters. The molecule has 0 aliphatic rings. The molecule has 0 N–H and O–H groups in total. The van der Waals surface area contributed by atoms with Crippen LogP contribution in [-0.4, -0.2) is 4.57 Å². The number of aromatic nitrogens is 1. The van der Waals surface area contributed by atoms with E-state index in [-0.39, 0.29) is 0 Å². The van der Waals surface area contributed by atoms with Gasteiger partial charge in [-0.2, -0.15) is 0 Å². The van der Waals surface area contributed by atoms with Gasteiger partial charge >= 0.3 is 0 Å². The van der Waals surface area contributed by atoms with Crippen molar-refractivity contribution in [1.82, 2.24) is 4.57 Å². The summed E-state index contributed by atoms with van der Waals surface area (Å²) in [6, 6.07) is 60.3. The Hall–Kier alpha value is -6.78. The lowest BCUT2D eigenvalue weighted by Crippen LogP contribution is -2.09. The number of rotatable bonds is 4. The summed E-state index contributed by atoms with van der Waals surface area (Å²) in [7, 11) is 0. The number of para-hydroxylation sites is 3. The topological polar surface area (TPSA) is 34.5 Å². The first kappa shape index (κ1) is 27.2. The Morgan fingerprint density at radius 3 is 1.64 bits per heavy atom. The van der Waals surface area contributed by atoms with Gasteiger partial charge in [-0.1, -0.05) is 78.9 Å². The Bertz CT molecular complexity index is 3110. The molecule has 3 heterocycles. The molecule has 0 spiro atoms. The van der Waals surface area contributed by atoms with Gasteiger partial charge in [-0.05, 0) is 102 Å². The third-order valence-corrected chi connectivity index (χ3v) is 10.1. The maximum absolute atomic E-state index is 6.42. The van der Waals surface area contributed by atoms with Gasteiger partial charge in [0.05, 0.1) is 11.0 Å². The molecule has 0 aliphatic heterocycles. The molecule has 4 heteroatoms. The SMILES string of the molecule is c1ccc(-n2c3ccccc3c3cc(N(c4ccc5oc6ccccc6c5c4)c4ccc5oc6cc7ccccc7cc6c5c4)ccc32)cc1. The summed E-state index contributed by atoms with van der Waals surface area (Å²) in [5.41, 5.74) is 10.2. The van der Waals surface area contributed by atoms with E-state index in [4.69, 9.17) is 8.83 Å². The van der Waals surface area contributed by atoms with Crippen molar-refractivity contribution in [2.24, 2.45) is 0 Å². The number of furan rings is 2. The maximum Gasteiger partial charge on any atom is 0.136 e. The molecule has 0 aliphatic carbocycles. The smallest absolute Gasteiger partial charge is 0.136 e. The van der Waals surface area contributed by atoms with Crippen molar-refractivity contribution < 1.29 is 8.83 Å². The zero-order valence-corrected chi connectivity index (χ0v) is 26.9. The standard InChI is InChI=1S/C46H28N2O2/c1-2-12-31(13-3-1)48-41-16-8-6-14-35(41)37-26-32(18-21-42(37)48)47(33-19-22-44-39(27-33)36-15-7-9-17-43(36)49-44)34-20-23-45-40(28-34)38-24-29-10-4-5-11-30(29)25-46(38)50-45/h1-28H.